The molecule has 7 aromatic rings. The normalized spacial score (nSPS) is 14.9. The maximum absolute atomic E-state index is 5.10. The predicted molar refractivity (Wildman–Crippen MR) is 196 cm³/mol. The molecule has 47 heavy (non-hydrogen) atoms. The van der Waals surface area contributed by atoms with Gasteiger partial charge in [0.1, 0.15) is 0 Å². The van der Waals surface area contributed by atoms with E-state index in [9.17, 15) is 0 Å². The van der Waals surface area contributed by atoms with Gasteiger partial charge in [-0.1, -0.05) is 146 Å². The SMILES string of the molecule is c1ccc(-c2nc(-c3cccc(-c4ccc(-c5ccc6c(c5)C5(CCCCC5)c5ccccc5S6)cc4)c3)c3ccccc3n2)cc1. The van der Waals surface area contributed by atoms with E-state index in [1.165, 1.54) is 75.3 Å². The Morgan fingerprint density at radius 1 is 0.447 bits per heavy atom. The van der Waals surface area contributed by atoms with Crippen molar-refractivity contribution in [3.63, 3.8) is 0 Å². The first kappa shape index (κ1) is 28.3. The number of rotatable bonds is 4. The maximum atomic E-state index is 5.10. The van der Waals surface area contributed by atoms with Crippen LogP contribution in [-0.2, 0) is 5.41 Å². The number of benzene rings is 6. The molecule has 0 unspecified atom stereocenters. The van der Waals surface area contributed by atoms with Crippen LogP contribution >= 0.6 is 11.8 Å². The van der Waals surface area contributed by atoms with Gasteiger partial charge in [0.05, 0.1) is 11.2 Å². The van der Waals surface area contributed by atoms with Crippen LogP contribution in [0.1, 0.15) is 43.2 Å². The first-order chi connectivity index (χ1) is 23.2. The molecule has 2 heterocycles. The van der Waals surface area contributed by atoms with E-state index in [1.807, 2.05) is 36.0 Å². The van der Waals surface area contributed by atoms with Crippen LogP contribution in [0.5, 0.6) is 0 Å². The summed E-state index contributed by atoms with van der Waals surface area (Å²) in [6.45, 7) is 0. The van der Waals surface area contributed by atoms with Gasteiger partial charge in [-0.3, -0.25) is 0 Å². The molecule has 2 aliphatic rings. The number of aromatic nitrogens is 2. The largest absolute Gasteiger partial charge is 0.228 e. The first-order valence-electron chi connectivity index (χ1n) is 16.7. The summed E-state index contributed by atoms with van der Waals surface area (Å²) in [5.41, 5.74) is 12.2. The molecule has 1 spiro atoms. The van der Waals surface area contributed by atoms with Crippen LogP contribution in [-0.4, -0.2) is 9.97 Å². The molecule has 2 nitrogen and oxygen atoms in total. The molecular weight excluding hydrogens is 589 g/mol. The molecule has 1 fully saturated rings. The molecule has 0 saturated heterocycles. The van der Waals surface area contributed by atoms with E-state index in [-0.39, 0.29) is 5.41 Å². The zero-order valence-electron chi connectivity index (χ0n) is 26.2. The monoisotopic (exact) mass is 622 g/mol. The topological polar surface area (TPSA) is 25.8 Å². The van der Waals surface area contributed by atoms with Crippen molar-refractivity contribution in [3.05, 3.63) is 157 Å². The fourth-order valence-corrected chi connectivity index (χ4v) is 9.05. The third-order valence-corrected chi connectivity index (χ3v) is 11.3. The average molecular weight is 623 g/mol. The van der Waals surface area contributed by atoms with Crippen LogP contribution in [0, 0.1) is 0 Å². The highest BCUT2D eigenvalue weighted by molar-refractivity contribution is 7.99. The molecule has 9 rings (SSSR count). The maximum Gasteiger partial charge on any atom is 0.160 e. The lowest BCUT2D eigenvalue weighted by Gasteiger charge is -2.43. The second kappa shape index (κ2) is 11.7. The Labute approximate surface area is 280 Å². The second-order valence-corrected chi connectivity index (χ2v) is 14.0. The van der Waals surface area contributed by atoms with Crippen LogP contribution in [0.15, 0.2) is 155 Å². The third-order valence-electron chi connectivity index (χ3n) is 10.1. The lowest BCUT2D eigenvalue weighted by Crippen LogP contribution is -2.33. The lowest BCUT2D eigenvalue weighted by atomic mass is 9.65. The highest BCUT2D eigenvalue weighted by atomic mass is 32.2. The van der Waals surface area contributed by atoms with Gasteiger partial charge in [-0.05, 0) is 76.6 Å². The average Bonchev–Trinajstić information content (AvgIpc) is 3.15. The van der Waals surface area contributed by atoms with Gasteiger partial charge < -0.3 is 0 Å². The smallest absolute Gasteiger partial charge is 0.160 e. The summed E-state index contributed by atoms with van der Waals surface area (Å²) >= 11 is 1.94. The molecule has 1 saturated carbocycles. The molecule has 1 aliphatic carbocycles. The summed E-state index contributed by atoms with van der Waals surface area (Å²) in [5, 5.41) is 1.06. The zero-order valence-corrected chi connectivity index (χ0v) is 27.0. The third kappa shape index (κ3) is 4.97. The van der Waals surface area contributed by atoms with Gasteiger partial charge in [-0.15, -0.1) is 0 Å². The summed E-state index contributed by atoms with van der Waals surface area (Å²) in [7, 11) is 0. The highest BCUT2D eigenvalue weighted by Gasteiger charge is 2.41. The Morgan fingerprint density at radius 3 is 1.91 bits per heavy atom. The van der Waals surface area contributed by atoms with Crippen molar-refractivity contribution in [2.75, 3.05) is 0 Å². The Balaban J connectivity index is 1.07. The van der Waals surface area contributed by atoms with Crippen molar-refractivity contribution in [3.8, 4) is 44.9 Å². The Hall–Kier alpha value is -4.99. The van der Waals surface area contributed by atoms with Gasteiger partial charge in [-0.25, -0.2) is 9.97 Å². The summed E-state index contributed by atoms with van der Waals surface area (Å²) in [4.78, 5) is 12.9. The molecule has 0 N–H and O–H groups in total. The molecule has 226 valence electrons. The van der Waals surface area contributed by atoms with Crippen molar-refractivity contribution in [1.29, 1.82) is 0 Å². The summed E-state index contributed by atoms with van der Waals surface area (Å²) in [5.74, 6) is 0.746. The van der Waals surface area contributed by atoms with Gasteiger partial charge in [0, 0.05) is 31.7 Å². The summed E-state index contributed by atoms with van der Waals surface area (Å²) in [6, 6.07) is 52.7. The summed E-state index contributed by atoms with van der Waals surface area (Å²) in [6.07, 6.45) is 6.43. The fraction of sp³-hybridized carbons (Fsp3) is 0.136. The minimum Gasteiger partial charge on any atom is -0.228 e. The van der Waals surface area contributed by atoms with Crippen LogP contribution in [0.25, 0.3) is 55.8 Å². The summed E-state index contributed by atoms with van der Waals surface area (Å²) < 4.78 is 0. The van der Waals surface area contributed by atoms with Crippen molar-refractivity contribution in [2.45, 2.75) is 47.3 Å². The quantitative estimate of drug-likeness (QED) is 0.195. The molecule has 0 bridgehead atoms. The van der Waals surface area contributed by atoms with E-state index in [1.54, 1.807) is 0 Å². The van der Waals surface area contributed by atoms with Crippen LogP contribution in [0.3, 0.4) is 0 Å². The zero-order chi connectivity index (χ0) is 31.2. The van der Waals surface area contributed by atoms with Crippen LogP contribution in [0.4, 0.5) is 0 Å². The van der Waals surface area contributed by atoms with E-state index < -0.39 is 0 Å². The number of para-hydroxylation sites is 1. The first-order valence-corrected chi connectivity index (χ1v) is 17.5. The molecule has 0 atom stereocenters. The Kier molecular flexibility index (Phi) is 7.01. The van der Waals surface area contributed by atoms with Crippen molar-refractivity contribution < 1.29 is 0 Å². The van der Waals surface area contributed by atoms with Crippen molar-refractivity contribution in [2.24, 2.45) is 0 Å². The van der Waals surface area contributed by atoms with Crippen molar-refractivity contribution >= 4 is 22.7 Å². The van der Waals surface area contributed by atoms with E-state index >= 15 is 0 Å². The van der Waals surface area contributed by atoms with E-state index in [0.29, 0.717) is 0 Å². The molecular formula is C44H34N2S. The second-order valence-electron chi connectivity index (χ2n) is 12.9. The standard InChI is InChI=1S/C44H34N2S/c1-3-12-32(13-4-1)43-45-39-18-7-5-16-36(39)42(46-43)35-15-11-14-33(28-35)30-20-22-31(23-21-30)34-24-25-41-38(29-34)44(26-9-2-10-27-44)37-17-6-8-19-40(37)47-41/h1,3-8,11-25,28-29H,2,9-10,26-27H2. The van der Waals surface area contributed by atoms with Gasteiger partial charge >= 0.3 is 0 Å². The van der Waals surface area contributed by atoms with E-state index in [4.69, 9.17) is 9.97 Å². The van der Waals surface area contributed by atoms with E-state index in [2.05, 4.69) is 121 Å². The van der Waals surface area contributed by atoms with Gasteiger partial charge in [0.25, 0.3) is 0 Å². The number of nitrogens with zero attached hydrogens (tertiary/aromatic N) is 2. The predicted octanol–water partition coefficient (Wildman–Crippen LogP) is 12.0. The van der Waals surface area contributed by atoms with E-state index in [0.717, 1.165) is 33.5 Å². The van der Waals surface area contributed by atoms with Gasteiger partial charge in [0.15, 0.2) is 5.82 Å². The van der Waals surface area contributed by atoms with Crippen LogP contribution < -0.4 is 0 Å². The molecule has 0 radical (unpaired) electrons. The molecule has 1 aromatic heterocycles. The minimum atomic E-state index is 0.136. The van der Waals surface area contributed by atoms with Crippen LogP contribution in [0.2, 0.25) is 0 Å². The number of hydrogen-bond acceptors (Lipinski definition) is 3. The lowest BCUT2D eigenvalue weighted by molar-refractivity contribution is 0.335. The molecule has 1 aliphatic heterocycles. The Morgan fingerprint density at radius 2 is 1.09 bits per heavy atom. The molecule has 0 amide bonds. The minimum absolute atomic E-state index is 0.136. The molecule has 6 aromatic carbocycles. The number of hydrogen-bond donors (Lipinski definition) is 0. The Bertz CT molecular complexity index is 2250. The van der Waals surface area contributed by atoms with Gasteiger partial charge in [-0.2, -0.15) is 0 Å². The molecule has 3 heteroatoms. The highest BCUT2D eigenvalue weighted by Crippen LogP contribution is 2.55. The number of fused-ring (bicyclic) bond motifs is 5. The fourth-order valence-electron chi connectivity index (χ4n) is 7.80. The van der Waals surface area contributed by atoms with Crippen molar-refractivity contribution in [1.82, 2.24) is 9.97 Å². The van der Waals surface area contributed by atoms with Gasteiger partial charge in [0.2, 0.25) is 0 Å².